The van der Waals surface area contributed by atoms with E-state index >= 15 is 0 Å². The summed E-state index contributed by atoms with van der Waals surface area (Å²) in [7, 11) is -3.84. The quantitative estimate of drug-likeness (QED) is 0.556. The zero-order valence-corrected chi connectivity index (χ0v) is 6.90. The summed E-state index contributed by atoms with van der Waals surface area (Å²) in [5.74, 6) is -0.277. The van der Waals surface area contributed by atoms with Crippen molar-refractivity contribution in [2.45, 2.75) is 13.3 Å². The normalized spacial score (nSPS) is 15.0. The van der Waals surface area contributed by atoms with Gasteiger partial charge >= 0.3 is 0 Å². The molecule has 0 aromatic heterocycles. The Kier molecular flexibility index (Phi) is 4.02. The molecule has 0 aromatic carbocycles. The van der Waals surface area contributed by atoms with Gasteiger partial charge in [-0.2, -0.15) is 12.0 Å². The van der Waals surface area contributed by atoms with E-state index in [1.165, 1.54) is 0 Å². The van der Waals surface area contributed by atoms with Crippen LogP contribution in [0.15, 0.2) is 0 Å². The predicted octanol–water partition coefficient (Wildman–Crippen LogP) is -0.463. The molecule has 0 aliphatic carbocycles. The first-order valence-electron chi connectivity index (χ1n) is 2.50. The highest BCUT2D eigenvalue weighted by atomic mass is 32.3. The van der Waals surface area contributed by atoms with Crippen molar-refractivity contribution in [1.82, 2.24) is 0 Å². The van der Waals surface area contributed by atoms with Gasteiger partial charge in [-0.05, 0) is 6.42 Å². The zero-order valence-electron chi connectivity index (χ0n) is 5.27. The van der Waals surface area contributed by atoms with Gasteiger partial charge in [0.05, 0.1) is 5.75 Å². The van der Waals surface area contributed by atoms with E-state index in [9.17, 15) is 17.2 Å². The van der Waals surface area contributed by atoms with Crippen LogP contribution in [0.2, 0.25) is 0 Å². The van der Waals surface area contributed by atoms with Gasteiger partial charge in [0.25, 0.3) is 10.1 Å². The molecule has 0 spiro atoms. The Bertz CT molecular complexity index is 205. The van der Waals surface area contributed by atoms with Gasteiger partial charge in [-0.1, -0.05) is 6.92 Å². The molecule has 0 saturated heterocycles. The van der Waals surface area contributed by atoms with Crippen molar-refractivity contribution in [2.75, 3.05) is 5.75 Å². The minimum Gasteiger partial charge on any atom is -0.749 e. The number of hydrogen-bond donors (Lipinski definition) is 0. The highest BCUT2D eigenvalue weighted by molar-refractivity contribution is 7.95. The van der Waals surface area contributed by atoms with E-state index in [4.69, 9.17) is 0 Å². The molecular weight excluding hydrogens is 180 g/mol. The van der Waals surface area contributed by atoms with Crippen molar-refractivity contribution >= 4 is 21.5 Å². The molecular formula is C3H7O5S2-. The van der Waals surface area contributed by atoms with Crippen molar-refractivity contribution in [2.24, 2.45) is 0 Å². The molecule has 0 heterocycles. The molecule has 7 heteroatoms. The second-order valence-corrected chi connectivity index (χ2v) is 4.01. The van der Waals surface area contributed by atoms with Crippen molar-refractivity contribution in [3.8, 4) is 0 Å². The monoisotopic (exact) mass is 187 g/mol. The van der Waals surface area contributed by atoms with Crippen LogP contribution in [0.25, 0.3) is 0 Å². The maximum Gasteiger partial charge on any atom is 0.279 e. The Labute approximate surface area is 62.0 Å². The van der Waals surface area contributed by atoms with Gasteiger partial charge in [-0.15, -0.1) is 0 Å². The van der Waals surface area contributed by atoms with E-state index in [0.717, 1.165) is 0 Å². The minimum atomic E-state index is -3.84. The summed E-state index contributed by atoms with van der Waals surface area (Å²) in [6.07, 6.45) is 0.333. The third kappa shape index (κ3) is 4.86. The highest BCUT2D eigenvalue weighted by Gasteiger charge is 2.08. The SMILES string of the molecule is CCCS(=O)(=O)OS(=O)[O-]. The van der Waals surface area contributed by atoms with Crippen LogP contribution in [0.3, 0.4) is 0 Å². The fourth-order valence-electron chi connectivity index (χ4n) is 0.369. The van der Waals surface area contributed by atoms with Crippen molar-refractivity contribution in [3.05, 3.63) is 0 Å². The average molecular weight is 187 g/mol. The number of hydrogen-bond acceptors (Lipinski definition) is 5. The lowest BCUT2D eigenvalue weighted by Crippen LogP contribution is -2.11. The largest absolute Gasteiger partial charge is 0.749 e. The third-order valence-electron chi connectivity index (χ3n) is 0.613. The molecule has 0 N–H and O–H groups in total. The predicted molar refractivity (Wildman–Crippen MR) is 34.1 cm³/mol. The van der Waals surface area contributed by atoms with E-state index < -0.39 is 21.5 Å². The van der Waals surface area contributed by atoms with E-state index in [1.54, 1.807) is 6.92 Å². The van der Waals surface area contributed by atoms with Gasteiger partial charge in [0.2, 0.25) is 0 Å². The van der Waals surface area contributed by atoms with Gasteiger partial charge < -0.3 is 4.55 Å². The molecule has 10 heavy (non-hydrogen) atoms. The van der Waals surface area contributed by atoms with E-state index in [2.05, 4.69) is 3.63 Å². The van der Waals surface area contributed by atoms with Crippen LogP contribution in [0.4, 0.5) is 0 Å². The maximum atomic E-state index is 10.4. The van der Waals surface area contributed by atoms with Crippen LogP contribution >= 0.6 is 0 Å². The molecule has 0 bridgehead atoms. The second-order valence-electron chi connectivity index (χ2n) is 1.53. The minimum absolute atomic E-state index is 0.277. The van der Waals surface area contributed by atoms with E-state index in [-0.39, 0.29) is 5.75 Å². The summed E-state index contributed by atoms with van der Waals surface area (Å²) < 4.78 is 43.8. The van der Waals surface area contributed by atoms with Crippen molar-refractivity contribution < 1.29 is 20.8 Å². The molecule has 0 saturated carbocycles. The number of rotatable bonds is 4. The first-order chi connectivity index (χ1) is 4.48. The Balaban J connectivity index is 4.02. The molecule has 1 unspecified atom stereocenters. The second kappa shape index (κ2) is 4.02. The molecule has 0 aromatic rings. The van der Waals surface area contributed by atoms with Crippen molar-refractivity contribution in [1.29, 1.82) is 0 Å². The van der Waals surface area contributed by atoms with Gasteiger partial charge in [0.15, 0.2) is 0 Å². The molecule has 0 radical (unpaired) electrons. The van der Waals surface area contributed by atoms with Gasteiger partial charge in [0.1, 0.15) is 11.4 Å². The lowest BCUT2D eigenvalue weighted by molar-refractivity contribution is 0.429. The van der Waals surface area contributed by atoms with Gasteiger partial charge in [-0.25, -0.2) is 4.21 Å². The maximum absolute atomic E-state index is 10.4. The molecule has 0 amide bonds. The molecule has 0 rings (SSSR count). The molecule has 0 fully saturated rings. The zero-order chi connectivity index (χ0) is 8.20. The van der Waals surface area contributed by atoms with Crippen LogP contribution in [-0.4, -0.2) is 22.9 Å². The molecule has 62 valence electrons. The standard InChI is InChI=1S/C3H8O5S2/c1-2-3-10(6,7)8-9(4)5/h2-3H2,1H3,(H,4,5)/p-1. The molecule has 0 aliphatic rings. The van der Waals surface area contributed by atoms with E-state index in [0.29, 0.717) is 6.42 Å². The average Bonchev–Trinajstić information content (AvgIpc) is 1.59. The smallest absolute Gasteiger partial charge is 0.279 e. The molecule has 1 atom stereocenters. The summed E-state index contributed by atoms with van der Waals surface area (Å²) in [4.78, 5) is 0. The first-order valence-corrected chi connectivity index (χ1v) is 5.07. The van der Waals surface area contributed by atoms with Crippen molar-refractivity contribution in [3.63, 3.8) is 0 Å². The van der Waals surface area contributed by atoms with Crippen LogP contribution in [0.5, 0.6) is 0 Å². The Morgan fingerprint density at radius 2 is 2.10 bits per heavy atom. The van der Waals surface area contributed by atoms with Gasteiger partial charge in [0, 0.05) is 0 Å². The molecule has 0 aliphatic heterocycles. The summed E-state index contributed by atoms with van der Waals surface area (Å²) in [5, 5.41) is 0. The Morgan fingerprint density at radius 1 is 1.60 bits per heavy atom. The topological polar surface area (TPSA) is 83.5 Å². The van der Waals surface area contributed by atoms with Gasteiger partial charge in [-0.3, -0.25) is 0 Å². The van der Waals surface area contributed by atoms with Crippen LogP contribution in [0, 0.1) is 0 Å². The Hall–Kier alpha value is 0.0200. The van der Waals surface area contributed by atoms with Crippen LogP contribution < -0.4 is 0 Å². The molecule has 5 nitrogen and oxygen atoms in total. The third-order valence-corrected chi connectivity index (χ3v) is 2.80. The first kappa shape index (κ1) is 10.0. The fourth-order valence-corrected chi connectivity index (χ4v) is 1.82. The highest BCUT2D eigenvalue weighted by Crippen LogP contribution is 1.96. The summed E-state index contributed by atoms with van der Waals surface area (Å²) in [5.41, 5.74) is 0. The van der Waals surface area contributed by atoms with E-state index in [1.807, 2.05) is 0 Å². The lowest BCUT2D eigenvalue weighted by atomic mass is 10.6. The Morgan fingerprint density at radius 3 is 2.40 bits per heavy atom. The van der Waals surface area contributed by atoms with Crippen LogP contribution in [-0.2, 0) is 25.1 Å². The summed E-state index contributed by atoms with van der Waals surface area (Å²) in [6, 6.07) is 0. The van der Waals surface area contributed by atoms with Crippen LogP contribution in [0.1, 0.15) is 13.3 Å². The lowest BCUT2D eigenvalue weighted by Gasteiger charge is -2.03. The fraction of sp³-hybridized carbons (Fsp3) is 1.00. The summed E-state index contributed by atoms with van der Waals surface area (Å²) in [6.45, 7) is 1.61. The summed E-state index contributed by atoms with van der Waals surface area (Å²) >= 11 is -2.97.